The van der Waals surface area contributed by atoms with E-state index in [2.05, 4.69) is 12.1 Å². The second kappa shape index (κ2) is 12.6. The van der Waals surface area contributed by atoms with E-state index in [4.69, 9.17) is 9.47 Å². The summed E-state index contributed by atoms with van der Waals surface area (Å²) in [7, 11) is 0. The Morgan fingerprint density at radius 1 is 0.389 bits per heavy atom. The molecule has 2 aliphatic heterocycles. The van der Waals surface area contributed by atoms with Gasteiger partial charge in [-0.1, -0.05) is 36.4 Å². The summed E-state index contributed by atoms with van der Waals surface area (Å²) in [5.74, 6) is -1.36. The maximum atomic E-state index is 15.4. The average molecular weight is 715 g/mol. The number of hydrogen-bond donors (Lipinski definition) is 0. The van der Waals surface area contributed by atoms with E-state index in [1.807, 2.05) is 12.1 Å². The van der Waals surface area contributed by atoms with E-state index in [-0.39, 0.29) is 45.7 Å². The van der Waals surface area contributed by atoms with Crippen molar-refractivity contribution >= 4 is 34.1 Å². The van der Waals surface area contributed by atoms with Crippen LogP contribution in [0.1, 0.15) is 11.1 Å². The van der Waals surface area contributed by atoms with Crippen LogP contribution in [-0.2, 0) is 0 Å². The van der Waals surface area contributed by atoms with E-state index in [0.29, 0.717) is 44.8 Å². The molecule has 0 radical (unpaired) electrons. The minimum absolute atomic E-state index is 0.216. The zero-order valence-corrected chi connectivity index (χ0v) is 27.8. The van der Waals surface area contributed by atoms with Crippen LogP contribution in [0, 0.1) is 45.9 Å². The van der Waals surface area contributed by atoms with E-state index < -0.39 is 23.3 Å². The summed E-state index contributed by atoms with van der Waals surface area (Å²) in [6.07, 6.45) is 0. The molecule has 0 saturated heterocycles. The van der Waals surface area contributed by atoms with Gasteiger partial charge in [0.1, 0.15) is 23.3 Å². The van der Waals surface area contributed by atoms with Crippen LogP contribution < -0.4 is 19.3 Å². The molecule has 258 valence electrons. The molecule has 0 aliphatic carbocycles. The van der Waals surface area contributed by atoms with Gasteiger partial charge in [-0.15, -0.1) is 0 Å². The van der Waals surface area contributed by atoms with Crippen molar-refractivity contribution in [3.05, 3.63) is 168 Å². The van der Waals surface area contributed by atoms with Crippen molar-refractivity contribution in [2.24, 2.45) is 0 Å². The zero-order valence-electron chi connectivity index (χ0n) is 27.8. The first-order valence-electron chi connectivity index (χ1n) is 16.6. The standard InChI is InChI=1S/C44H22F4N4O2/c45-29-9-15-39-35(19-29)51(36-20-30(46)10-16-40(36)53-39)43-33(27-5-1-25(23-49)2-6-27)13-14-34(28-7-3-26(24-50)4-8-28)44(43)52-37-21-31(47)11-17-41(37)54-42-18-12-32(48)22-38(42)52/h1-22H. The third kappa shape index (κ3) is 5.33. The fraction of sp³-hybridized carbons (Fsp3) is 0. The Bertz CT molecular complexity index is 2460. The monoisotopic (exact) mass is 714 g/mol. The van der Waals surface area contributed by atoms with Crippen LogP contribution in [0.5, 0.6) is 23.0 Å². The highest BCUT2D eigenvalue weighted by Gasteiger charge is 2.37. The first-order chi connectivity index (χ1) is 26.3. The SMILES string of the molecule is N#Cc1ccc(-c2ccc(-c3ccc(C#N)cc3)c(N3c4cc(F)ccc4Oc4ccc(F)cc43)c2N2c3cc(F)ccc3Oc3ccc(F)cc32)cc1. The molecule has 0 N–H and O–H groups in total. The summed E-state index contributed by atoms with van der Waals surface area (Å²) in [5.41, 5.74) is 4.65. The van der Waals surface area contributed by atoms with Gasteiger partial charge in [-0.05, 0) is 83.9 Å². The van der Waals surface area contributed by atoms with E-state index >= 15 is 17.6 Å². The Balaban J connectivity index is 1.49. The predicted octanol–water partition coefficient (Wildman–Crippen LogP) is 12.5. The molecule has 9 rings (SSSR count). The number of nitrogens with zero attached hydrogens (tertiary/aromatic N) is 4. The summed E-state index contributed by atoms with van der Waals surface area (Å²) in [6.45, 7) is 0. The lowest BCUT2D eigenvalue weighted by Gasteiger charge is -2.40. The third-order valence-corrected chi connectivity index (χ3v) is 9.34. The summed E-state index contributed by atoms with van der Waals surface area (Å²) in [4.78, 5) is 3.34. The number of fused-ring (bicyclic) bond motifs is 4. The van der Waals surface area contributed by atoms with Crippen LogP contribution in [0.3, 0.4) is 0 Å². The van der Waals surface area contributed by atoms with Crippen molar-refractivity contribution in [2.45, 2.75) is 0 Å². The molecule has 6 nitrogen and oxygen atoms in total. The van der Waals surface area contributed by atoms with Crippen LogP contribution >= 0.6 is 0 Å². The van der Waals surface area contributed by atoms with Crippen LogP contribution in [-0.4, -0.2) is 0 Å². The fourth-order valence-electron chi connectivity index (χ4n) is 6.93. The minimum Gasteiger partial charge on any atom is -0.453 e. The first kappa shape index (κ1) is 32.4. The molecule has 0 unspecified atom stereocenters. The normalized spacial score (nSPS) is 12.3. The number of hydrogen-bond acceptors (Lipinski definition) is 6. The van der Waals surface area contributed by atoms with Gasteiger partial charge >= 0.3 is 0 Å². The Morgan fingerprint density at radius 2 is 0.685 bits per heavy atom. The summed E-state index contributed by atoms with van der Waals surface area (Å²) >= 11 is 0. The lowest BCUT2D eigenvalue weighted by Crippen LogP contribution is -2.23. The number of ether oxygens (including phenoxy) is 2. The maximum absolute atomic E-state index is 15.4. The highest BCUT2D eigenvalue weighted by molar-refractivity contribution is 6.08. The minimum atomic E-state index is -0.599. The van der Waals surface area contributed by atoms with Crippen LogP contribution in [0.15, 0.2) is 133 Å². The predicted molar refractivity (Wildman–Crippen MR) is 196 cm³/mol. The summed E-state index contributed by atoms with van der Waals surface area (Å²) < 4.78 is 73.9. The molecule has 0 fully saturated rings. The molecule has 0 aromatic heterocycles. The molecule has 0 atom stereocenters. The average Bonchev–Trinajstić information content (AvgIpc) is 3.19. The molecule has 0 amide bonds. The Labute approximate surface area is 306 Å². The second-order valence-corrected chi connectivity index (χ2v) is 12.6. The van der Waals surface area contributed by atoms with Gasteiger partial charge in [0.2, 0.25) is 0 Å². The quantitative estimate of drug-likeness (QED) is 0.169. The molecule has 0 saturated carbocycles. The largest absolute Gasteiger partial charge is 0.453 e. The molecule has 2 heterocycles. The molecule has 0 spiro atoms. The number of anilines is 6. The van der Waals surface area contributed by atoms with Crippen LogP contribution in [0.2, 0.25) is 0 Å². The van der Waals surface area contributed by atoms with Gasteiger partial charge in [-0.3, -0.25) is 0 Å². The van der Waals surface area contributed by atoms with Gasteiger partial charge in [0.25, 0.3) is 0 Å². The van der Waals surface area contributed by atoms with Gasteiger partial charge in [0.15, 0.2) is 23.0 Å². The van der Waals surface area contributed by atoms with E-state index in [0.717, 1.165) is 0 Å². The molecule has 10 heteroatoms. The highest BCUT2D eigenvalue weighted by Crippen LogP contribution is 2.61. The second-order valence-electron chi connectivity index (χ2n) is 12.6. The molecular formula is C44H22F4N4O2. The highest BCUT2D eigenvalue weighted by atomic mass is 19.1. The van der Waals surface area contributed by atoms with Gasteiger partial charge in [0.05, 0.1) is 57.4 Å². The number of halogens is 4. The maximum Gasteiger partial charge on any atom is 0.151 e. The van der Waals surface area contributed by atoms with Crippen molar-refractivity contribution in [3.8, 4) is 57.4 Å². The molecule has 7 aromatic carbocycles. The van der Waals surface area contributed by atoms with Crippen molar-refractivity contribution < 1.29 is 27.0 Å². The zero-order chi connectivity index (χ0) is 37.1. The Morgan fingerprint density at radius 3 is 0.963 bits per heavy atom. The van der Waals surface area contributed by atoms with Gasteiger partial charge in [0, 0.05) is 35.4 Å². The van der Waals surface area contributed by atoms with Gasteiger partial charge in [-0.2, -0.15) is 10.5 Å². The molecular weight excluding hydrogens is 693 g/mol. The lowest BCUT2D eigenvalue weighted by atomic mass is 9.92. The van der Waals surface area contributed by atoms with E-state index in [1.165, 1.54) is 72.8 Å². The fourth-order valence-corrected chi connectivity index (χ4v) is 6.93. The van der Waals surface area contributed by atoms with Crippen molar-refractivity contribution in [1.82, 2.24) is 0 Å². The van der Waals surface area contributed by atoms with E-state index in [1.54, 1.807) is 58.3 Å². The van der Waals surface area contributed by atoms with Crippen molar-refractivity contribution in [2.75, 3.05) is 9.80 Å². The van der Waals surface area contributed by atoms with Crippen LogP contribution in [0.4, 0.5) is 51.7 Å². The summed E-state index contributed by atoms with van der Waals surface area (Å²) in [6, 6.07) is 37.5. The summed E-state index contributed by atoms with van der Waals surface area (Å²) in [5, 5.41) is 19.3. The van der Waals surface area contributed by atoms with Crippen molar-refractivity contribution in [3.63, 3.8) is 0 Å². The third-order valence-electron chi connectivity index (χ3n) is 9.34. The van der Waals surface area contributed by atoms with Crippen molar-refractivity contribution in [1.29, 1.82) is 10.5 Å². The number of benzene rings is 7. The lowest BCUT2D eigenvalue weighted by molar-refractivity contribution is 0.471. The number of nitriles is 2. The Hall–Kier alpha value is -7.56. The molecule has 2 aliphatic rings. The van der Waals surface area contributed by atoms with Crippen LogP contribution in [0.25, 0.3) is 22.3 Å². The molecule has 0 bridgehead atoms. The van der Waals surface area contributed by atoms with Gasteiger partial charge in [-0.25, -0.2) is 17.6 Å². The number of rotatable bonds is 4. The van der Waals surface area contributed by atoms with E-state index in [9.17, 15) is 10.5 Å². The molecule has 7 aromatic rings. The molecule has 54 heavy (non-hydrogen) atoms. The smallest absolute Gasteiger partial charge is 0.151 e. The first-order valence-corrected chi connectivity index (χ1v) is 16.6. The van der Waals surface area contributed by atoms with Gasteiger partial charge < -0.3 is 19.3 Å². The Kier molecular flexibility index (Phi) is 7.54. The topological polar surface area (TPSA) is 72.5 Å².